The minimum Gasteiger partial charge on any atom is -0.367 e. The Morgan fingerprint density at radius 1 is 1.50 bits per heavy atom. The molecular formula is C18H28N4. The molecule has 1 aliphatic rings. The van der Waals surface area contributed by atoms with Gasteiger partial charge < -0.3 is 5.32 Å². The van der Waals surface area contributed by atoms with Crippen molar-refractivity contribution in [2.24, 2.45) is 10.4 Å². The first-order chi connectivity index (χ1) is 10.5. The Kier molecular flexibility index (Phi) is 5.33. The third-order valence-electron chi connectivity index (χ3n) is 4.92. The molecule has 120 valence electrons. The number of aryl methyl sites for hydroxylation is 1. The highest BCUT2D eigenvalue weighted by molar-refractivity contribution is 5.93. The fraction of sp³-hybridized carbons (Fsp3) is 0.611. The van der Waals surface area contributed by atoms with Gasteiger partial charge >= 0.3 is 0 Å². The Morgan fingerprint density at radius 2 is 2.18 bits per heavy atom. The van der Waals surface area contributed by atoms with E-state index in [0.717, 1.165) is 17.1 Å². The van der Waals surface area contributed by atoms with E-state index in [0.29, 0.717) is 17.4 Å². The predicted octanol–water partition coefficient (Wildman–Crippen LogP) is 4.83. The molecule has 1 aliphatic carbocycles. The van der Waals surface area contributed by atoms with Gasteiger partial charge in [-0.1, -0.05) is 26.8 Å². The zero-order valence-electron chi connectivity index (χ0n) is 14.3. The van der Waals surface area contributed by atoms with Gasteiger partial charge in [-0.3, -0.25) is 0 Å². The van der Waals surface area contributed by atoms with Crippen LogP contribution in [0.4, 0.5) is 11.8 Å². The van der Waals surface area contributed by atoms with Crippen LogP contribution >= 0.6 is 0 Å². The van der Waals surface area contributed by atoms with Crippen molar-refractivity contribution in [2.75, 3.05) is 5.32 Å². The van der Waals surface area contributed by atoms with Gasteiger partial charge in [-0.2, -0.15) is 4.98 Å². The van der Waals surface area contributed by atoms with Crippen LogP contribution in [0, 0.1) is 12.3 Å². The molecule has 0 bridgehead atoms. The molecule has 1 saturated carbocycles. The molecule has 0 amide bonds. The third-order valence-corrected chi connectivity index (χ3v) is 4.92. The maximum absolute atomic E-state index is 4.55. The topological polar surface area (TPSA) is 50.2 Å². The van der Waals surface area contributed by atoms with Crippen LogP contribution < -0.4 is 5.32 Å². The van der Waals surface area contributed by atoms with Crippen LogP contribution in [0.3, 0.4) is 0 Å². The summed E-state index contributed by atoms with van der Waals surface area (Å²) in [6, 6.07) is 0.505. The van der Waals surface area contributed by atoms with E-state index in [2.05, 4.69) is 40.7 Å². The molecule has 1 N–H and O–H groups in total. The van der Waals surface area contributed by atoms with Crippen molar-refractivity contribution >= 4 is 17.5 Å². The molecule has 22 heavy (non-hydrogen) atoms. The summed E-state index contributed by atoms with van der Waals surface area (Å²) in [6.45, 7) is 12.4. The van der Waals surface area contributed by atoms with Crippen molar-refractivity contribution in [1.82, 2.24) is 9.97 Å². The second-order valence-electron chi connectivity index (χ2n) is 6.74. The number of nitrogens with one attached hydrogen (secondary N) is 1. The molecule has 2 rings (SSSR count). The Balaban J connectivity index is 2.07. The summed E-state index contributed by atoms with van der Waals surface area (Å²) in [5, 5.41) is 3.60. The highest BCUT2D eigenvalue weighted by atomic mass is 15.1. The summed E-state index contributed by atoms with van der Waals surface area (Å²) >= 11 is 0. The average molecular weight is 300 g/mol. The van der Waals surface area contributed by atoms with Gasteiger partial charge in [0.15, 0.2) is 0 Å². The molecule has 0 unspecified atom stereocenters. The van der Waals surface area contributed by atoms with Crippen LogP contribution in [0.25, 0.3) is 0 Å². The van der Waals surface area contributed by atoms with E-state index < -0.39 is 0 Å². The van der Waals surface area contributed by atoms with Crippen LogP contribution in [0.5, 0.6) is 0 Å². The second-order valence-corrected chi connectivity index (χ2v) is 6.74. The Hall–Kier alpha value is -1.71. The van der Waals surface area contributed by atoms with E-state index in [9.17, 15) is 0 Å². The van der Waals surface area contributed by atoms with Crippen molar-refractivity contribution in [2.45, 2.75) is 65.8 Å². The van der Waals surface area contributed by atoms with E-state index in [1.807, 2.05) is 20.0 Å². The summed E-state index contributed by atoms with van der Waals surface area (Å²) in [7, 11) is 0. The molecule has 0 saturated heterocycles. The van der Waals surface area contributed by atoms with Crippen LogP contribution in [-0.2, 0) is 0 Å². The first kappa shape index (κ1) is 16.7. The zero-order chi connectivity index (χ0) is 16.2. The smallest absolute Gasteiger partial charge is 0.251 e. The third kappa shape index (κ3) is 4.15. The highest BCUT2D eigenvalue weighted by Gasteiger charge is 2.29. The van der Waals surface area contributed by atoms with Gasteiger partial charge in [0.25, 0.3) is 5.95 Å². The molecule has 1 aromatic heterocycles. The molecule has 4 heteroatoms. The van der Waals surface area contributed by atoms with Gasteiger partial charge in [-0.15, -0.1) is 0 Å². The normalized spacial score (nSPS) is 25.8. The molecule has 1 heterocycles. The molecule has 1 aromatic rings. The number of hydrogen-bond acceptors (Lipinski definition) is 4. The lowest BCUT2D eigenvalue weighted by Crippen LogP contribution is -2.31. The molecule has 1 fully saturated rings. The summed E-state index contributed by atoms with van der Waals surface area (Å²) in [5.41, 5.74) is 2.42. The van der Waals surface area contributed by atoms with Gasteiger partial charge in [-0.05, 0) is 51.0 Å². The van der Waals surface area contributed by atoms with E-state index in [4.69, 9.17) is 0 Å². The van der Waals surface area contributed by atoms with E-state index in [-0.39, 0.29) is 0 Å². The summed E-state index contributed by atoms with van der Waals surface area (Å²) < 4.78 is 0. The van der Waals surface area contributed by atoms with E-state index in [1.54, 1.807) is 6.08 Å². The van der Waals surface area contributed by atoms with Crippen molar-refractivity contribution in [1.29, 1.82) is 0 Å². The molecule has 0 atom stereocenters. The fourth-order valence-electron chi connectivity index (χ4n) is 2.84. The number of aromatic nitrogens is 2. The predicted molar refractivity (Wildman–Crippen MR) is 94.0 cm³/mol. The van der Waals surface area contributed by atoms with Gasteiger partial charge in [-0.25, -0.2) is 9.98 Å². The standard InChI is InChI=1S/C18H28N4/c1-6-14(4)20-17-19-12-13(3)16(22-17)21-15-8-10-18(5,7-2)11-9-15/h6,12,15H,1,7-11H2,2-5H3,(H,19,21,22). The quantitative estimate of drug-likeness (QED) is 0.792. The number of nitrogens with zero attached hydrogens (tertiary/aromatic N) is 3. The lowest BCUT2D eigenvalue weighted by atomic mass is 9.72. The maximum Gasteiger partial charge on any atom is 0.251 e. The van der Waals surface area contributed by atoms with Gasteiger partial charge in [0, 0.05) is 23.5 Å². The minimum absolute atomic E-state index is 0.500. The van der Waals surface area contributed by atoms with Crippen LogP contribution in [0.1, 0.15) is 58.4 Å². The lowest BCUT2D eigenvalue weighted by Gasteiger charge is -2.37. The molecular weight excluding hydrogens is 272 g/mol. The van der Waals surface area contributed by atoms with Crippen LogP contribution in [0.2, 0.25) is 0 Å². The van der Waals surface area contributed by atoms with Crippen molar-refractivity contribution in [3.05, 3.63) is 24.4 Å². The largest absolute Gasteiger partial charge is 0.367 e. The minimum atomic E-state index is 0.500. The number of rotatable bonds is 5. The first-order valence-corrected chi connectivity index (χ1v) is 8.23. The van der Waals surface area contributed by atoms with Crippen molar-refractivity contribution in [3.8, 4) is 0 Å². The zero-order valence-corrected chi connectivity index (χ0v) is 14.3. The number of aliphatic imine (C=N–C) groups is 1. The lowest BCUT2D eigenvalue weighted by molar-refractivity contribution is 0.198. The van der Waals surface area contributed by atoms with Crippen molar-refractivity contribution < 1.29 is 0 Å². The molecule has 0 aliphatic heterocycles. The van der Waals surface area contributed by atoms with Crippen LogP contribution in [0.15, 0.2) is 23.8 Å². The van der Waals surface area contributed by atoms with Crippen molar-refractivity contribution in [3.63, 3.8) is 0 Å². The number of hydrogen-bond donors (Lipinski definition) is 1. The molecule has 4 nitrogen and oxygen atoms in total. The van der Waals surface area contributed by atoms with Gasteiger partial charge in [0.05, 0.1) is 0 Å². The Bertz CT molecular complexity index is 554. The molecule has 0 aromatic carbocycles. The summed E-state index contributed by atoms with van der Waals surface area (Å²) in [5.74, 6) is 1.41. The van der Waals surface area contributed by atoms with E-state index in [1.165, 1.54) is 32.1 Å². The monoisotopic (exact) mass is 300 g/mol. The number of allylic oxidation sites excluding steroid dienone is 1. The Labute approximate surface area is 134 Å². The van der Waals surface area contributed by atoms with Crippen LogP contribution in [-0.4, -0.2) is 21.7 Å². The van der Waals surface area contributed by atoms with Gasteiger partial charge in [0.2, 0.25) is 0 Å². The Morgan fingerprint density at radius 3 is 2.77 bits per heavy atom. The maximum atomic E-state index is 4.55. The SMILES string of the molecule is C=CC(C)=Nc1ncc(C)c(NC2CCC(C)(CC)CC2)n1. The number of anilines is 1. The summed E-state index contributed by atoms with van der Waals surface area (Å²) in [4.78, 5) is 13.2. The average Bonchev–Trinajstić information content (AvgIpc) is 2.53. The van der Waals surface area contributed by atoms with Gasteiger partial charge in [0.1, 0.15) is 5.82 Å². The molecule has 0 spiro atoms. The fourth-order valence-corrected chi connectivity index (χ4v) is 2.84. The second kappa shape index (κ2) is 7.03. The highest BCUT2D eigenvalue weighted by Crippen LogP contribution is 2.39. The molecule has 0 radical (unpaired) electrons. The summed E-state index contributed by atoms with van der Waals surface area (Å²) in [6.07, 6.45) is 9.80. The first-order valence-electron chi connectivity index (χ1n) is 8.23. The van der Waals surface area contributed by atoms with E-state index >= 15 is 0 Å².